The lowest BCUT2D eigenvalue weighted by Gasteiger charge is -1.97. The van der Waals surface area contributed by atoms with E-state index in [0.717, 1.165) is 12.2 Å². The zero-order valence-corrected chi connectivity index (χ0v) is 9.15. The van der Waals surface area contributed by atoms with Crippen LogP contribution in [0.25, 0.3) is 12.2 Å². The molecule has 76 valence electrons. The van der Waals surface area contributed by atoms with Crippen LogP contribution >= 0.6 is 0 Å². The molecule has 0 fully saturated rings. The second kappa shape index (κ2) is 4.82. The molecule has 1 aromatic rings. The van der Waals surface area contributed by atoms with Crippen molar-refractivity contribution in [1.82, 2.24) is 10.3 Å². The third-order valence-corrected chi connectivity index (χ3v) is 2.32. The quantitative estimate of drug-likeness (QED) is 0.750. The van der Waals surface area contributed by atoms with E-state index in [1.165, 1.54) is 16.8 Å². The molecule has 0 amide bonds. The molecule has 0 saturated heterocycles. The Morgan fingerprint density at radius 2 is 2.21 bits per heavy atom. The fourth-order valence-electron chi connectivity index (χ4n) is 1.58. The summed E-state index contributed by atoms with van der Waals surface area (Å²) in [6, 6.07) is 0. The minimum atomic E-state index is 0.865. The Bertz CT molecular complexity index is 345. The molecule has 0 radical (unpaired) electrons. The Morgan fingerprint density at radius 3 is 2.71 bits per heavy atom. The normalized spacial score (nSPS) is 11.1. The standard InChI is InChI=1S/C12H18N2/c1-5-7-10-9(3)12(8-13-4)14-11(10)6-2/h5-7,13-14H,2,8H2,1,3-4H3/b7-5-. The molecule has 0 aromatic carbocycles. The number of H-pyrrole nitrogens is 1. The van der Waals surface area contributed by atoms with Gasteiger partial charge in [0.2, 0.25) is 0 Å². The van der Waals surface area contributed by atoms with Gasteiger partial charge in [0.25, 0.3) is 0 Å². The SMILES string of the molecule is C=Cc1[nH]c(CNC)c(C)c1/C=C\C. The van der Waals surface area contributed by atoms with Crippen molar-refractivity contribution in [3.63, 3.8) is 0 Å². The molecule has 0 bridgehead atoms. The topological polar surface area (TPSA) is 27.8 Å². The maximum Gasteiger partial charge on any atom is 0.0453 e. The van der Waals surface area contributed by atoms with Gasteiger partial charge >= 0.3 is 0 Å². The summed E-state index contributed by atoms with van der Waals surface area (Å²) in [4.78, 5) is 3.35. The van der Waals surface area contributed by atoms with Crippen molar-refractivity contribution >= 4 is 12.2 Å². The van der Waals surface area contributed by atoms with Gasteiger partial charge in [-0.05, 0) is 32.5 Å². The van der Waals surface area contributed by atoms with Gasteiger partial charge in [-0.25, -0.2) is 0 Å². The molecule has 0 aliphatic carbocycles. The fourth-order valence-corrected chi connectivity index (χ4v) is 1.58. The summed E-state index contributed by atoms with van der Waals surface area (Å²) >= 11 is 0. The van der Waals surface area contributed by atoms with Crippen molar-refractivity contribution in [2.45, 2.75) is 20.4 Å². The predicted octanol–water partition coefficient (Wildman–Crippen LogP) is 2.72. The first kappa shape index (κ1) is 10.8. The number of hydrogen-bond donors (Lipinski definition) is 2. The Morgan fingerprint density at radius 1 is 1.50 bits per heavy atom. The first-order valence-electron chi connectivity index (χ1n) is 4.85. The molecular weight excluding hydrogens is 172 g/mol. The molecule has 1 rings (SSSR count). The third-order valence-electron chi connectivity index (χ3n) is 2.32. The molecule has 0 aliphatic rings. The molecule has 1 heterocycles. The largest absolute Gasteiger partial charge is 0.357 e. The van der Waals surface area contributed by atoms with Crippen LogP contribution in [0.5, 0.6) is 0 Å². The van der Waals surface area contributed by atoms with E-state index in [1.807, 2.05) is 26.1 Å². The van der Waals surface area contributed by atoms with Gasteiger partial charge in [-0.15, -0.1) is 0 Å². The summed E-state index contributed by atoms with van der Waals surface area (Å²) in [5.74, 6) is 0. The van der Waals surface area contributed by atoms with Crippen LogP contribution in [0.3, 0.4) is 0 Å². The molecule has 0 spiro atoms. The van der Waals surface area contributed by atoms with Crippen LogP contribution in [-0.4, -0.2) is 12.0 Å². The summed E-state index contributed by atoms with van der Waals surface area (Å²) < 4.78 is 0. The van der Waals surface area contributed by atoms with Crippen LogP contribution < -0.4 is 5.32 Å². The minimum absolute atomic E-state index is 0.865. The number of aromatic amines is 1. The van der Waals surface area contributed by atoms with Crippen molar-refractivity contribution in [3.8, 4) is 0 Å². The smallest absolute Gasteiger partial charge is 0.0453 e. The summed E-state index contributed by atoms with van der Waals surface area (Å²) in [6.07, 6.45) is 6.02. The monoisotopic (exact) mass is 190 g/mol. The highest BCUT2D eigenvalue weighted by Crippen LogP contribution is 2.20. The van der Waals surface area contributed by atoms with Crippen LogP contribution in [0.15, 0.2) is 12.7 Å². The number of nitrogens with one attached hydrogen (secondary N) is 2. The van der Waals surface area contributed by atoms with Crippen LogP contribution in [0.2, 0.25) is 0 Å². The van der Waals surface area contributed by atoms with E-state index in [-0.39, 0.29) is 0 Å². The van der Waals surface area contributed by atoms with Crippen molar-refractivity contribution in [3.05, 3.63) is 35.2 Å². The first-order chi connectivity index (χ1) is 6.74. The van der Waals surface area contributed by atoms with E-state index in [0.29, 0.717) is 0 Å². The maximum absolute atomic E-state index is 3.80. The van der Waals surface area contributed by atoms with Crippen LogP contribution in [0.1, 0.15) is 29.4 Å². The van der Waals surface area contributed by atoms with Crippen molar-refractivity contribution < 1.29 is 0 Å². The van der Waals surface area contributed by atoms with Gasteiger partial charge in [-0.1, -0.05) is 18.7 Å². The van der Waals surface area contributed by atoms with E-state index in [1.54, 1.807) is 0 Å². The Balaban J connectivity index is 3.17. The van der Waals surface area contributed by atoms with Gasteiger partial charge in [-0.2, -0.15) is 0 Å². The Labute approximate surface area is 85.7 Å². The van der Waals surface area contributed by atoms with Gasteiger partial charge in [-0.3, -0.25) is 0 Å². The lowest BCUT2D eigenvalue weighted by molar-refractivity contribution is 0.791. The lowest BCUT2D eigenvalue weighted by Crippen LogP contribution is -2.06. The van der Waals surface area contributed by atoms with Crippen molar-refractivity contribution in [2.75, 3.05) is 7.05 Å². The molecule has 0 atom stereocenters. The summed E-state index contributed by atoms with van der Waals surface area (Å²) in [5.41, 5.74) is 4.88. The maximum atomic E-state index is 3.80. The van der Waals surface area contributed by atoms with Gasteiger partial charge in [0.1, 0.15) is 0 Å². The van der Waals surface area contributed by atoms with E-state index in [4.69, 9.17) is 0 Å². The zero-order valence-electron chi connectivity index (χ0n) is 9.15. The van der Waals surface area contributed by atoms with Gasteiger partial charge in [0, 0.05) is 23.5 Å². The minimum Gasteiger partial charge on any atom is -0.357 e. The highest BCUT2D eigenvalue weighted by atomic mass is 14.9. The molecule has 0 aliphatic heterocycles. The number of rotatable bonds is 4. The van der Waals surface area contributed by atoms with Gasteiger partial charge in [0.15, 0.2) is 0 Å². The highest BCUT2D eigenvalue weighted by Gasteiger charge is 2.08. The summed E-state index contributed by atoms with van der Waals surface area (Å²) in [7, 11) is 1.95. The van der Waals surface area contributed by atoms with Crippen LogP contribution in [0.4, 0.5) is 0 Å². The molecule has 2 nitrogen and oxygen atoms in total. The molecule has 14 heavy (non-hydrogen) atoms. The van der Waals surface area contributed by atoms with Crippen molar-refractivity contribution in [2.24, 2.45) is 0 Å². The predicted molar refractivity (Wildman–Crippen MR) is 63.1 cm³/mol. The van der Waals surface area contributed by atoms with E-state index in [9.17, 15) is 0 Å². The average Bonchev–Trinajstić information content (AvgIpc) is 2.47. The second-order valence-corrected chi connectivity index (χ2v) is 3.29. The number of allylic oxidation sites excluding steroid dienone is 1. The molecule has 0 saturated carbocycles. The lowest BCUT2D eigenvalue weighted by atomic mass is 10.1. The average molecular weight is 190 g/mol. The summed E-state index contributed by atoms with van der Waals surface area (Å²) in [5, 5.41) is 3.14. The van der Waals surface area contributed by atoms with E-state index in [2.05, 4.69) is 29.9 Å². The second-order valence-electron chi connectivity index (χ2n) is 3.29. The first-order valence-corrected chi connectivity index (χ1v) is 4.85. The third kappa shape index (κ3) is 1.96. The Hall–Kier alpha value is -1.28. The number of aromatic nitrogens is 1. The molecule has 2 heteroatoms. The van der Waals surface area contributed by atoms with Gasteiger partial charge < -0.3 is 10.3 Å². The molecule has 0 unspecified atom stereocenters. The van der Waals surface area contributed by atoms with Crippen LogP contribution in [0, 0.1) is 6.92 Å². The zero-order chi connectivity index (χ0) is 10.6. The number of hydrogen-bond acceptors (Lipinski definition) is 1. The van der Waals surface area contributed by atoms with E-state index >= 15 is 0 Å². The Kier molecular flexibility index (Phi) is 3.72. The van der Waals surface area contributed by atoms with Gasteiger partial charge in [0.05, 0.1) is 0 Å². The van der Waals surface area contributed by atoms with Crippen LogP contribution in [-0.2, 0) is 6.54 Å². The fraction of sp³-hybridized carbons (Fsp3) is 0.333. The van der Waals surface area contributed by atoms with Crippen molar-refractivity contribution in [1.29, 1.82) is 0 Å². The van der Waals surface area contributed by atoms with E-state index < -0.39 is 0 Å². The highest BCUT2D eigenvalue weighted by molar-refractivity contribution is 5.66. The molecular formula is C12H18N2. The molecule has 1 aromatic heterocycles. The summed E-state index contributed by atoms with van der Waals surface area (Å²) in [6.45, 7) is 8.82. The molecule has 2 N–H and O–H groups in total.